The molecular weight excluding hydrogens is 327 g/mol. The summed E-state index contributed by atoms with van der Waals surface area (Å²) in [5, 5.41) is 19.6. The van der Waals surface area contributed by atoms with Crippen LogP contribution in [-0.2, 0) is 4.79 Å². The van der Waals surface area contributed by atoms with Gasteiger partial charge < -0.3 is 10.2 Å². The Hall–Kier alpha value is -1.25. The zero-order chi connectivity index (χ0) is 15.9. The van der Waals surface area contributed by atoms with Crippen molar-refractivity contribution in [3.8, 4) is 5.75 Å². The Balaban J connectivity index is 1.80. The van der Waals surface area contributed by atoms with E-state index in [4.69, 9.17) is 0 Å². The summed E-state index contributed by atoms with van der Waals surface area (Å²) in [6.45, 7) is 0. The van der Waals surface area contributed by atoms with Crippen LogP contribution in [0.4, 0.5) is 4.39 Å². The number of thioether (sulfide) groups is 2. The fraction of sp³-hybridized carbons (Fsp3) is 0.429. The molecule has 0 unspecified atom stereocenters. The van der Waals surface area contributed by atoms with E-state index >= 15 is 0 Å². The Morgan fingerprint density at radius 1 is 1.45 bits per heavy atom. The largest absolute Gasteiger partial charge is 0.507 e. The van der Waals surface area contributed by atoms with E-state index in [1.165, 1.54) is 30.0 Å². The molecule has 0 aromatic heterocycles. The molecule has 118 valence electrons. The summed E-state index contributed by atoms with van der Waals surface area (Å²) >= 11 is 3.04. The van der Waals surface area contributed by atoms with Crippen molar-refractivity contribution in [1.29, 1.82) is 0 Å². The molecule has 0 aliphatic carbocycles. The molecule has 1 fully saturated rings. The summed E-state index contributed by atoms with van der Waals surface area (Å²) in [5.74, 6) is -0.00925. The first-order valence-electron chi connectivity index (χ1n) is 6.73. The fourth-order valence-corrected chi connectivity index (χ4v) is 5.35. The number of aliphatic carboxylic acids is 1. The molecule has 22 heavy (non-hydrogen) atoms. The number of benzene rings is 1. The first-order valence-corrected chi connectivity index (χ1v) is 8.76. The standard InChI is InChI=1S/C14H15FN2O3S2/c1-17-10(14(19)20)6-22-13(17)9-5-21-12(16-9)8-4-7(15)2-3-11(8)18/h2-4,9-10,13,18H,5-6H2,1H3,(H,19,20)/t9-,10+,13+/m0/s1. The minimum Gasteiger partial charge on any atom is -0.507 e. The van der Waals surface area contributed by atoms with Gasteiger partial charge in [0.25, 0.3) is 0 Å². The number of halogens is 1. The number of likely N-dealkylation sites (N-methyl/N-ethyl adjacent to an activating group) is 1. The molecule has 1 aromatic carbocycles. The van der Waals surface area contributed by atoms with Gasteiger partial charge in [-0.2, -0.15) is 0 Å². The third-order valence-corrected chi connectivity index (χ3v) is 6.40. The Kier molecular flexibility index (Phi) is 4.33. The highest BCUT2D eigenvalue weighted by molar-refractivity contribution is 8.14. The second kappa shape index (κ2) is 6.10. The van der Waals surface area contributed by atoms with Crippen LogP contribution >= 0.6 is 23.5 Å². The van der Waals surface area contributed by atoms with E-state index in [1.54, 1.807) is 18.8 Å². The monoisotopic (exact) mass is 342 g/mol. The van der Waals surface area contributed by atoms with Gasteiger partial charge in [0.1, 0.15) is 22.7 Å². The van der Waals surface area contributed by atoms with Crippen molar-refractivity contribution in [2.75, 3.05) is 18.6 Å². The first-order chi connectivity index (χ1) is 10.5. The lowest BCUT2D eigenvalue weighted by Gasteiger charge is -2.24. The van der Waals surface area contributed by atoms with Crippen molar-refractivity contribution in [2.24, 2.45) is 4.99 Å². The molecule has 3 rings (SSSR count). The predicted molar refractivity (Wildman–Crippen MR) is 86.3 cm³/mol. The first kappa shape index (κ1) is 15.6. The molecule has 1 saturated heterocycles. The van der Waals surface area contributed by atoms with Crippen molar-refractivity contribution >= 4 is 34.5 Å². The van der Waals surface area contributed by atoms with Gasteiger partial charge in [0.15, 0.2) is 0 Å². The number of carboxylic acid groups (broad SMARTS) is 1. The smallest absolute Gasteiger partial charge is 0.321 e. The van der Waals surface area contributed by atoms with Crippen LogP contribution in [0.5, 0.6) is 5.75 Å². The molecule has 1 aromatic rings. The number of nitrogens with zero attached hydrogens (tertiary/aromatic N) is 2. The topological polar surface area (TPSA) is 73.1 Å². The Morgan fingerprint density at radius 3 is 2.91 bits per heavy atom. The van der Waals surface area contributed by atoms with Crippen molar-refractivity contribution in [1.82, 2.24) is 4.90 Å². The van der Waals surface area contributed by atoms with Crippen LogP contribution in [0.1, 0.15) is 5.56 Å². The Bertz CT molecular complexity index is 641. The van der Waals surface area contributed by atoms with Crippen LogP contribution in [0.2, 0.25) is 0 Å². The number of rotatable bonds is 3. The summed E-state index contributed by atoms with van der Waals surface area (Å²) in [6.07, 6.45) is 0. The molecule has 2 heterocycles. The SMILES string of the molecule is CN1[C@@H](C(=O)O)CS[C@@H]1[C@@H]1CSC(c2cc(F)ccc2O)=N1. The second-order valence-corrected chi connectivity index (χ2v) is 7.38. The van der Waals surface area contributed by atoms with Crippen LogP contribution in [-0.4, -0.2) is 62.1 Å². The highest BCUT2D eigenvalue weighted by Gasteiger charge is 2.41. The minimum absolute atomic E-state index is 0.00384. The fourth-order valence-electron chi connectivity index (χ4n) is 2.59. The summed E-state index contributed by atoms with van der Waals surface area (Å²) in [5.41, 5.74) is 0.396. The molecule has 2 aliphatic heterocycles. The van der Waals surface area contributed by atoms with Crippen LogP contribution < -0.4 is 0 Å². The van der Waals surface area contributed by atoms with Crippen molar-refractivity contribution in [3.63, 3.8) is 0 Å². The molecule has 0 spiro atoms. The zero-order valence-corrected chi connectivity index (χ0v) is 13.4. The van der Waals surface area contributed by atoms with E-state index in [9.17, 15) is 19.4 Å². The van der Waals surface area contributed by atoms with E-state index < -0.39 is 17.8 Å². The maximum atomic E-state index is 13.3. The second-order valence-electron chi connectivity index (χ2n) is 5.22. The highest BCUT2D eigenvalue weighted by atomic mass is 32.2. The predicted octanol–water partition coefficient (Wildman–Crippen LogP) is 1.85. The van der Waals surface area contributed by atoms with Gasteiger partial charge in [-0.25, -0.2) is 4.39 Å². The third-order valence-electron chi connectivity index (χ3n) is 3.79. The van der Waals surface area contributed by atoms with Gasteiger partial charge in [0, 0.05) is 11.5 Å². The van der Waals surface area contributed by atoms with Gasteiger partial charge in [-0.1, -0.05) is 0 Å². The molecule has 0 amide bonds. The maximum absolute atomic E-state index is 13.3. The van der Waals surface area contributed by atoms with Gasteiger partial charge in [0.05, 0.1) is 17.0 Å². The highest BCUT2D eigenvalue weighted by Crippen LogP contribution is 2.37. The van der Waals surface area contributed by atoms with E-state index in [2.05, 4.69) is 4.99 Å². The molecular formula is C14H15FN2O3S2. The molecule has 8 heteroatoms. The molecule has 0 saturated carbocycles. The molecule has 3 atom stereocenters. The van der Waals surface area contributed by atoms with Crippen molar-refractivity contribution in [2.45, 2.75) is 17.5 Å². The van der Waals surface area contributed by atoms with Crippen molar-refractivity contribution in [3.05, 3.63) is 29.6 Å². The van der Waals surface area contributed by atoms with Gasteiger partial charge in [-0.05, 0) is 25.2 Å². The molecule has 5 nitrogen and oxygen atoms in total. The molecule has 2 N–H and O–H groups in total. The number of aromatic hydroxyl groups is 1. The van der Waals surface area contributed by atoms with Crippen LogP contribution in [0.3, 0.4) is 0 Å². The molecule has 0 bridgehead atoms. The van der Waals surface area contributed by atoms with E-state index in [1.807, 2.05) is 4.90 Å². The zero-order valence-electron chi connectivity index (χ0n) is 11.8. The number of aliphatic imine (C=N–C) groups is 1. The number of carbonyl (C=O) groups is 1. The average Bonchev–Trinajstić information content (AvgIpc) is 3.07. The van der Waals surface area contributed by atoms with E-state index in [0.717, 1.165) is 0 Å². The number of carboxylic acids is 1. The Morgan fingerprint density at radius 2 is 2.23 bits per heavy atom. The van der Waals surface area contributed by atoms with Gasteiger partial charge in [-0.15, -0.1) is 23.5 Å². The average molecular weight is 342 g/mol. The lowest BCUT2D eigenvalue weighted by Crippen LogP contribution is -2.42. The van der Waals surface area contributed by atoms with E-state index in [-0.39, 0.29) is 17.2 Å². The normalized spacial score (nSPS) is 28.8. The summed E-state index contributed by atoms with van der Waals surface area (Å²) < 4.78 is 13.3. The van der Waals surface area contributed by atoms with Crippen LogP contribution in [0.25, 0.3) is 0 Å². The summed E-state index contributed by atoms with van der Waals surface area (Å²) in [6, 6.07) is 3.23. The quantitative estimate of drug-likeness (QED) is 0.873. The number of phenols is 1. The van der Waals surface area contributed by atoms with Gasteiger partial charge >= 0.3 is 5.97 Å². The number of hydrogen-bond acceptors (Lipinski definition) is 6. The van der Waals surface area contributed by atoms with Crippen molar-refractivity contribution < 1.29 is 19.4 Å². The van der Waals surface area contributed by atoms with Crippen LogP contribution in [0, 0.1) is 5.82 Å². The summed E-state index contributed by atoms with van der Waals surface area (Å²) in [4.78, 5) is 17.6. The third kappa shape index (κ3) is 2.82. The lowest BCUT2D eigenvalue weighted by atomic mass is 10.2. The van der Waals surface area contributed by atoms with E-state index in [0.29, 0.717) is 22.1 Å². The summed E-state index contributed by atoms with van der Waals surface area (Å²) in [7, 11) is 1.79. The minimum atomic E-state index is -0.824. The number of hydrogen-bond donors (Lipinski definition) is 2. The van der Waals surface area contributed by atoms with Crippen LogP contribution in [0.15, 0.2) is 23.2 Å². The Labute approximate surface area is 135 Å². The molecule has 0 radical (unpaired) electrons. The molecule has 2 aliphatic rings. The number of phenolic OH excluding ortho intramolecular Hbond substituents is 1. The van der Waals surface area contributed by atoms with Gasteiger partial charge in [-0.3, -0.25) is 14.7 Å². The lowest BCUT2D eigenvalue weighted by molar-refractivity contribution is -0.141. The maximum Gasteiger partial charge on any atom is 0.321 e. The van der Waals surface area contributed by atoms with Gasteiger partial charge in [0.2, 0.25) is 0 Å².